The molecule has 3 bridgehead atoms. The predicted octanol–water partition coefficient (Wildman–Crippen LogP) is 3.44. The summed E-state index contributed by atoms with van der Waals surface area (Å²) in [6.45, 7) is 0.712. The Labute approximate surface area is 197 Å². The van der Waals surface area contributed by atoms with Crippen LogP contribution < -0.4 is 14.8 Å². The molecule has 1 aromatic carbocycles. The number of piperidine rings is 1. The first kappa shape index (κ1) is 23.0. The molecule has 1 aromatic rings. The van der Waals surface area contributed by atoms with Crippen molar-refractivity contribution in [3.05, 3.63) is 18.2 Å². The maximum absolute atomic E-state index is 13.2. The quantitative estimate of drug-likeness (QED) is 0.680. The maximum atomic E-state index is 13.2. The highest BCUT2D eigenvalue weighted by atomic mass is 32.2. The third-order valence-electron chi connectivity index (χ3n) is 8.74. The maximum Gasteiger partial charge on any atom is 0.243 e. The van der Waals surface area contributed by atoms with E-state index in [1.54, 1.807) is 12.1 Å². The van der Waals surface area contributed by atoms with Gasteiger partial charge in [-0.3, -0.25) is 4.79 Å². The van der Waals surface area contributed by atoms with Crippen molar-refractivity contribution in [2.75, 3.05) is 27.3 Å². The number of amides is 1. The average molecular weight is 477 g/mol. The Bertz CT molecular complexity index is 989. The highest BCUT2D eigenvalue weighted by Gasteiger charge is 2.46. The van der Waals surface area contributed by atoms with Crippen molar-refractivity contribution in [3.63, 3.8) is 0 Å². The van der Waals surface area contributed by atoms with Crippen molar-refractivity contribution in [3.8, 4) is 11.5 Å². The Hall–Kier alpha value is -1.80. The lowest BCUT2D eigenvalue weighted by atomic mass is 9.77. The summed E-state index contributed by atoms with van der Waals surface area (Å²) in [5.41, 5.74) is 0. The molecule has 182 valence electrons. The largest absolute Gasteiger partial charge is 0.493 e. The van der Waals surface area contributed by atoms with E-state index in [-0.39, 0.29) is 16.7 Å². The number of hydrogen-bond donors (Lipinski definition) is 1. The minimum atomic E-state index is -3.65. The second kappa shape index (κ2) is 9.10. The SMILES string of the molecule is COc1ccc(S(=O)(=O)N2CCC(C(=O)NC3CCC4CC5CC4CC3C5)CC2)cc1OC. The van der Waals surface area contributed by atoms with Crippen LogP contribution in [0.25, 0.3) is 0 Å². The van der Waals surface area contributed by atoms with E-state index in [1.165, 1.54) is 56.7 Å². The van der Waals surface area contributed by atoms with Crippen LogP contribution in [-0.2, 0) is 14.8 Å². The Morgan fingerprint density at radius 1 is 0.909 bits per heavy atom. The first-order valence-electron chi connectivity index (χ1n) is 12.4. The summed E-state index contributed by atoms with van der Waals surface area (Å²) in [7, 11) is -0.638. The van der Waals surface area contributed by atoms with Gasteiger partial charge in [0.15, 0.2) is 11.5 Å². The van der Waals surface area contributed by atoms with Crippen LogP contribution in [-0.4, -0.2) is 52.0 Å². The minimum absolute atomic E-state index is 0.112. The molecule has 5 unspecified atom stereocenters. The smallest absolute Gasteiger partial charge is 0.243 e. The van der Waals surface area contributed by atoms with Gasteiger partial charge in [0.1, 0.15) is 0 Å². The summed E-state index contributed by atoms with van der Waals surface area (Å²) in [5, 5.41) is 3.40. The molecular formula is C25H36N2O5S. The van der Waals surface area contributed by atoms with Crippen molar-refractivity contribution in [1.82, 2.24) is 9.62 Å². The number of methoxy groups -OCH3 is 2. The van der Waals surface area contributed by atoms with E-state index in [0.29, 0.717) is 49.4 Å². The zero-order chi connectivity index (χ0) is 23.2. The summed E-state index contributed by atoms with van der Waals surface area (Å²) < 4.78 is 38.3. The molecule has 33 heavy (non-hydrogen) atoms. The number of nitrogens with zero attached hydrogens (tertiary/aromatic N) is 1. The first-order valence-corrected chi connectivity index (χ1v) is 13.9. The number of nitrogens with one attached hydrogen (secondary N) is 1. The summed E-state index contributed by atoms with van der Waals surface area (Å²) in [4.78, 5) is 13.3. The topological polar surface area (TPSA) is 84.9 Å². The second-order valence-corrected chi connectivity index (χ2v) is 12.4. The summed E-state index contributed by atoms with van der Waals surface area (Å²) in [6, 6.07) is 4.96. The minimum Gasteiger partial charge on any atom is -0.493 e. The van der Waals surface area contributed by atoms with Gasteiger partial charge in [0.05, 0.1) is 19.1 Å². The number of rotatable bonds is 6. The van der Waals surface area contributed by atoms with E-state index in [2.05, 4.69) is 5.32 Å². The monoisotopic (exact) mass is 476 g/mol. The molecule has 5 atom stereocenters. The van der Waals surface area contributed by atoms with Gasteiger partial charge in [-0.15, -0.1) is 0 Å². The summed E-state index contributed by atoms with van der Waals surface area (Å²) in [6.07, 6.45) is 8.87. The molecule has 7 nitrogen and oxygen atoms in total. The summed E-state index contributed by atoms with van der Waals surface area (Å²) >= 11 is 0. The molecule has 3 saturated carbocycles. The van der Waals surface area contributed by atoms with E-state index in [1.807, 2.05) is 0 Å². The third-order valence-corrected chi connectivity index (χ3v) is 10.6. The fourth-order valence-corrected chi connectivity index (χ4v) is 8.50. The summed E-state index contributed by atoms with van der Waals surface area (Å²) in [5.74, 6) is 4.18. The van der Waals surface area contributed by atoms with E-state index in [9.17, 15) is 13.2 Å². The predicted molar refractivity (Wildman–Crippen MR) is 125 cm³/mol. The molecule has 4 aliphatic rings. The highest BCUT2D eigenvalue weighted by Crippen LogP contribution is 2.53. The number of hydrogen-bond acceptors (Lipinski definition) is 5. The van der Waals surface area contributed by atoms with Gasteiger partial charge in [-0.2, -0.15) is 4.31 Å². The van der Waals surface area contributed by atoms with Crippen molar-refractivity contribution < 1.29 is 22.7 Å². The fraction of sp³-hybridized carbons (Fsp3) is 0.720. The standard InChI is InChI=1S/C25H36N2O5S/c1-31-23-6-4-21(15-24(23)32-2)33(29,30)27-9-7-17(8-10-27)25(28)26-22-5-3-18-11-16-12-19(18)14-20(22)13-16/h4,6,15-20,22H,3,5,7-14H2,1-2H3,(H,26,28). The molecule has 1 N–H and O–H groups in total. The highest BCUT2D eigenvalue weighted by molar-refractivity contribution is 7.89. The Morgan fingerprint density at radius 2 is 1.61 bits per heavy atom. The lowest BCUT2D eigenvalue weighted by Crippen LogP contribution is -2.47. The molecule has 1 saturated heterocycles. The molecule has 0 aromatic heterocycles. The van der Waals surface area contributed by atoms with Crippen LogP contribution in [0.4, 0.5) is 0 Å². The lowest BCUT2D eigenvalue weighted by molar-refractivity contribution is -0.127. The molecule has 1 amide bonds. The van der Waals surface area contributed by atoms with Gasteiger partial charge in [0.2, 0.25) is 15.9 Å². The van der Waals surface area contributed by atoms with Gasteiger partial charge >= 0.3 is 0 Å². The zero-order valence-corrected chi connectivity index (χ0v) is 20.5. The van der Waals surface area contributed by atoms with Crippen LogP contribution in [0, 0.1) is 29.6 Å². The van der Waals surface area contributed by atoms with Gasteiger partial charge in [-0.25, -0.2) is 8.42 Å². The van der Waals surface area contributed by atoms with Crippen molar-refractivity contribution in [2.24, 2.45) is 29.6 Å². The van der Waals surface area contributed by atoms with Crippen molar-refractivity contribution in [1.29, 1.82) is 0 Å². The van der Waals surface area contributed by atoms with E-state index >= 15 is 0 Å². The molecule has 3 aliphatic carbocycles. The number of fused-ring (bicyclic) bond motifs is 2. The van der Waals surface area contributed by atoms with Gasteiger partial charge in [0.25, 0.3) is 0 Å². The molecule has 1 heterocycles. The van der Waals surface area contributed by atoms with Crippen LogP contribution in [0.1, 0.15) is 51.4 Å². The normalized spacial score (nSPS) is 32.4. The van der Waals surface area contributed by atoms with E-state index < -0.39 is 10.0 Å². The van der Waals surface area contributed by atoms with Gasteiger partial charge in [-0.1, -0.05) is 0 Å². The molecule has 0 spiro atoms. The van der Waals surface area contributed by atoms with Gasteiger partial charge in [-0.05, 0) is 87.2 Å². The number of benzene rings is 1. The molecule has 4 fully saturated rings. The molecule has 1 aliphatic heterocycles. The van der Waals surface area contributed by atoms with Gasteiger partial charge < -0.3 is 14.8 Å². The van der Waals surface area contributed by atoms with Crippen LogP contribution in [0.2, 0.25) is 0 Å². The number of sulfonamides is 1. The van der Waals surface area contributed by atoms with E-state index in [0.717, 1.165) is 24.2 Å². The van der Waals surface area contributed by atoms with Crippen LogP contribution >= 0.6 is 0 Å². The molecule has 5 rings (SSSR count). The average Bonchev–Trinajstić information content (AvgIpc) is 3.06. The molecule has 0 radical (unpaired) electrons. The second-order valence-electron chi connectivity index (χ2n) is 10.5. The third kappa shape index (κ3) is 4.36. The van der Waals surface area contributed by atoms with Crippen LogP contribution in [0.15, 0.2) is 23.1 Å². The Balaban J connectivity index is 1.19. The van der Waals surface area contributed by atoms with Crippen molar-refractivity contribution in [2.45, 2.75) is 62.3 Å². The fourth-order valence-electron chi connectivity index (χ4n) is 7.02. The molecular weight excluding hydrogens is 440 g/mol. The van der Waals surface area contributed by atoms with Gasteiger partial charge in [0, 0.05) is 31.1 Å². The first-order chi connectivity index (χ1) is 15.9. The molecule has 8 heteroatoms. The van der Waals surface area contributed by atoms with Crippen molar-refractivity contribution >= 4 is 15.9 Å². The van der Waals surface area contributed by atoms with Crippen LogP contribution in [0.3, 0.4) is 0 Å². The number of ether oxygens (including phenoxy) is 2. The Morgan fingerprint density at radius 3 is 2.33 bits per heavy atom. The van der Waals surface area contributed by atoms with Crippen LogP contribution in [0.5, 0.6) is 11.5 Å². The van der Waals surface area contributed by atoms with E-state index in [4.69, 9.17) is 9.47 Å². The number of carbonyl (C=O) groups is 1. The lowest BCUT2D eigenvalue weighted by Gasteiger charge is -2.35. The Kier molecular flexibility index (Phi) is 6.33. The number of carbonyl (C=O) groups excluding carboxylic acids is 1. The zero-order valence-electron chi connectivity index (χ0n) is 19.7.